The van der Waals surface area contributed by atoms with Crippen LogP contribution in [0.3, 0.4) is 0 Å². The number of piperidine rings is 1. The Morgan fingerprint density at radius 3 is 2.57 bits per heavy atom. The summed E-state index contributed by atoms with van der Waals surface area (Å²) < 4.78 is 1.93. The number of rotatable bonds is 3. The van der Waals surface area contributed by atoms with Gasteiger partial charge in [0.2, 0.25) is 0 Å². The van der Waals surface area contributed by atoms with Crippen molar-refractivity contribution in [3.05, 3.63) is 41.9 Å². The fourth-order valence-electron chi connectivity index (χ4n) is 4.25. The maximum Gasteiger partial charge on any atom is 0.178 e. The number of anilines is 2. The predicted molar refractivity (Wildman–Crippen MR) is 105 cm³/mol. The number of nitrogens with zero attached hydrogens (tertiary/aromatic N) is 8. The van der Waals surface area contributed by atoms with E-state index in [2.05, 4.69) is 31.1 Å². The van der Waals surface area contributed by atoms with Crippen LogP contribution in [0.15, 0.2) is 30.5 Å². The van der Waals surface area contributed by atoms with Crippen LogP contribution in [0.25, 0.3) is 5.65 Å². The van der Waals surface area contributed by atoms with Crippen LogP contribution in [0.2, 0.25) is 0 Å². The largest absolute Gasteiger partial charge is 0.355 e. The Hall–Kier alpha value is -3.21. The third kappa shape index (κ3) is 2.93. The van der Waals surface area contributed by atoms with Gasteiger partial charge in [0, 0.05) is 38.3 Å². The highest BCUT2D eigenvalue weighted by Gasteiger charge is 2.27. The zero-order chi connectivity index (χ0) is 18.9. The fourth-order valence-corrected chi connectivity index (χ4v) is 4.25. The average Bonchev–Trinajstić information content (AvgIpc) is 3.43. The van der Waals surface area contributed by atoms with Gasteiger partial charge in [-0.05, 0) is 49.9 Å². The number of aromatic nitrogens is 5. The summed E-state index contributed by atoms with van der Waals surface area (Å²) in [6.07, 6.45) is 6.09. The molecular formula is C20H22N8. The van der Waals surface area contributed by atoms with Gasteiger partial charge in [0.15, 0.2) is 11.5 Å². The molecule has 5 heterocycles. The van der Waals surface area contributed by atoms with Crippen molar-refractivity contribution < 1.29 is 0 Å². The van der Waals surface area contributed by atoms with Gasteiger partial charge in [-0.1, -0.05) is 0 Å². The molecule has 0 aliphatic carbocycles. The van der Waals surface area contributed by atoms with Crippen LogP contribution in [0.4, 0.5) is 11.6 Å². The molecule has 3 aromatic rings. The Morgan fingerprint density at radius 1 is 0.964 bits per heavy atom. The molecular weight excluding hydrogens is 352 g/mol. The maximum atomic E-state index is 9.34. The third-order valence-corrected chi connectivity index (χ3v) is 5.77. The van der Waals surface area contributed by atoms with Gasteiger partial charge >= 0.3 is 0 Å². The number of hydrogen-bond acceptors (Lipinski definition) is 7. The second-order valence-corrected chi connectivity index (χ2v) is 7.46. The fraction of sp³-hybridized carbons (Fsp3) is 0.450. The molecule has 8 heteroatoms. The Balaban J connectivity index is 1.37. The van der Waals surface area contributed by atoms with Crippen molar-refractivity contribution in [2.45, 2.75) is 31.6 Å². The molecule has 0 amide bonds. The van der Waals surface area contributed by atoms with E-state index in [1.807, 2.05) is 22.7 Å². The summed E-state index contributed by atoms with van der Waals surface area (Å²) >= 11 is 0. The van der Waals surface area contributed by atoms with Gasteiger partial charge in [-0.15, -0.1) is 15.3 Å². The van der Waals surface area contributed by atoms with Gasteiger partial charge in [-0.25, -0.2) is 4.98 Å². The number of hydrogen-bond donors (Lipinski definition) is 0. The summed E-state index contributed by atoms with van der Waals surface area (Å²) in [4.78, 5) is 8.94. The van der Waals surface area contributed by atoms with Crippen LogP contribution in [0, 0.1) is 11.3 Å². The van der Waals surface area contributed by atoms with E-state index >= 15 is 0 Å². The minimum absolute atomic E-state index is 0.307. The predicted octanol–water partition coefficient (Wildman–Crippen LogP) is 2.38. The molecule has 28 heavy (non-hydrogen) atoms. The van der Waals surface area contributed by atoms with E-state index in [-0.39, 0.29) is 0 Å². The van der Waals surface area contributed by atoms with Crippen molar-refractivity contribution >= 4 is 17.3 Å². The lowest BCUT2D eigenvalue weighted by molar-refractivity contribution is 0.475. The van der Waals surface area contributed by atoms with E-state index in [4.69, 9.17) is 5.10 Å². The lowest BCUT2D eigenvalue weighted by Crippen LogP contribution is -2.34. The average molecular weight is 374 g/mol. The first-order valence-corrected chi connectivity index (χ1v) is 9.91. The summed E-state index contributed by atoms with van der Waals surface area (Å²) in [6.45, 7) is 3.83. The minimum Gasteiger partial charge on any atom is -0.355 e. The molecule has 0 unspecified atom stereocenters. The smallest absolute Gasteiger partial charge is 0.178 e. The summed E-state index contributed by atoms with van der Waals surface area (Å²) in [5.41, 5.74) is 1.43. The monoisotopic (exact) mass is 374 g/mol. The van der Waals surface area contributed by atoms with Crippen molar-refractivity contribution in [1.82, 2.24) is 24.8 Å². The first-order valence-electron chi connectivity index (χ1n) is 9.91. The second-order valence-electron chi connectivity index (χ2n) is 7.46. The molecule has 3 aromatic heterocycles. The van der Waals surface area contributed by atoms with E-state index in [1.54, 1.807) is 12.3 Å². The molecule has 2 saturated heterocycles. The number of pyridine rings is 1. The van der Waals surface area contributed by atoms with Crippen LogP contribution in [0.5, 0.6) is 0 Å². The Kier molecular flexibility index (Phi) is 4.28. The van der Waals surface area contributed by atoms with Crippen molar-refractivity contribution in [3.63, 3.8) is 0 Å². The molecule has 0 saturated carbocycles. The lowest BCUT2D eigenvalue weighted by atomic mass is 9.96. The van der Waals surface area contributed by atoms with E-state index in [1.165, 1.54) is 12.8 Å². The Bertz CT molecular complexity index is 1020. The van der Waals surface area contributed by atoms with Gasteiger partial charge in [0.05, 0.1) is 5.56 Å². The molecule has 0 aromatic carbocycles. The Labute approximate surface area is 163 Å². The van der Waals surface area contributed by atoms with E-state index in [9.17, 15) is 5.26 Å². The molecule has 142 valence electrons. The van der Waals surface area contributed by atoms with Gasteiger partial charge in [-0.2, -0.15) is 9.78 Å². The molecule has 0 spiro atoms. The highest BCUT2D eigenvalue weighted by molar-refractivity contribution is 5.54. The molecule has 0 atom stereocenters. The molecule has 8 nitrogen and oxygen atoms in total. The van der Waals surface area contributed by atoms with Crippen LogP contribution < -0.4 is 9.80 Å². The number of fused-ring (bicyclic) bond motifs is 1. The first-order chi connectivity index (χ1) is 13.8. The molecule has 0 radical (unpaired) electrons. The zero-order valence-electron chi connectivity index (χ0n) is 15.7. The van der Waals surface area contributed by atoms with Crippen molar-refractivity contribution in [2.24, 2.45) is 0 Å². The molecule has 0 bridgehead atoms. The van der Waals surface area contributed by atoms with Crippen LogP contribution in [0.1, 0.15) is 43.0 Å². The summed E-state index contributed by atoms with van der Waals surface area (Å²) in [6, 6.07) is 9.93. The quantitative estimate of drug-likeness (QED) is 0.695. The molecule has 0 N–H and O–H groups in total. The first kappa shape index (κ1) is 16.9. The standard InChI is InChI=1S/C20H22N8/c21-14-16-4-3-9-22-19(16)27-12-7-15(8-13-27)20-24-23-17-5-6-18(25-28(17)20)26-10-1-2-11-26/h3-6,9,15H,1-2,7-8,10-13H2. The number of nitriles is 1. The van der Waals surface area contributed by atoms with Gasteiger partial charge in [0.1, 0.15) is 17.7 Å². The van der Waals surface area contributed by atoms with Crippen LogP contribution in [-0.2, 0) is 0 Å². The van der Waals surface area contributed by atoms with E-state index in [0.29, 0.717) is 11.5 Å². The topological polar surface area (TPSA) is 86.2 Å². The van der Waals surface area contributed by atoms with E-state index in [0.717, 1.165) is 62.1 Å². The molecule has 2 aliphatic heterocycles. The third-order valence-electron chi connectivity index (χ3n) is 5.77. The molecule has 5 rings (SSSR count). The minimum atomic E-state index is 0.307. The highest BCUT2D eigenvalue weighted by atomic mass is 15.4. The molecule has 2 aliphatic rings. The van der Waals surface area contributed by atoms with Crippen molar-refractivity contribution in [2.75, 3.05) is 36.0 Å². The van der Waals surface area contributed by atoms with Gasteiger partial charge in [-0.3, -0.25) is 0 Å². The van der Waals surface area contributed by atoms with Crippen molar-refractivity contribution in [3.8, 4) is 6.07 Å². The van der Waals surface area contributed by atoms with Crippen LogP contribution >= 0.6 is 0 Å². The Morgan fingerprint density at radius 2 is 1.79 bits per heavy atom. The lowest BCUT2D eigenvalue weighted by Gasteiger charge is -2.32. The summed E-state index contributed by atoms with van der Waals surface area (Å²) in [5, 5.41) is 23.0. The second kappa shape index (κ2) is 7.08. The SMILES string of the molecule is N#Cc1cccnc1N1CCC(c2nnc3ccc(N4CCCC4)nn23)CC1. The zero-order valence-corrected chi connectivity index (χ0v) is 15.7. The highest BCUT2D eigenvalue weighted by Crippen LogP contribution is 2.30. The van der Waals surface area contributed by atoms with Gasteiger partial charge < -0.3 is 9.80 Å². The van der Waals surface area contributed by atoms with E-state index < -0.39 is 0 Å². The summed E-state index contributed by atoms with van der Waals surface area (Å²) in [5.74, 6) is 3.04. The molecule has 2 fully saturated rings. The van der Waals surface area contributed by atoms with Crippen LogP contribution in [-0.4, -0.2) is 51.0 Å². The van der Waals surface area contributed by atoms with Gasteiger partial charge in [0.25, 0.3) is 0 Å². The summed E-state index contributed by atoms with van der Waals surface area (Å²) in [7, 11) is 0. The normalized spacial score (nSPS) is 18.0. The van der Waals surface area contributed by atoms with Crippen molar-refractivity contribution in [1.29, 1.82) is 5.26 Å². The maximum absolute atomic E-state index is 9.34.